The van der Waals surface area contributed by atoms with Crippen LogP contribution < -0.4 is 9.47 Å². The van der Waals surface area contributed by atoms with E-state index >= 15 is 35.1 Å². The largest absolute Gasteiger partial charge is 0.465 e. The second-order valence-electron chi connectivity index (χ2n) is 12.1. The number of methoxy groups -OCH3 is 1. The smallest absolute Gasteiger partial charge is 0.338 e. The summed E-state index contributed by atoms with van der Waals surface area (Å²) in [5.74, 6) is -22.3. The minimum Gasteiger partial charge on any atom is -0.465 e. The van der Waals surface area contributed by atoms with Crippen LogP contribution in [0.2, 0.25) is 0 Å². The van der Waals surface area contributed by atoms with Gasteiger partial charge in [0.1, 0.15) is 23.7 Å². The number of aliphatic hydroxyl groups excluding tert-OH is 2. The Bertz CT molecular complexity index is 2090. The third kappa shape index (κ3) is 8.71. The third-order valence-electron chi connectivity index (χ3n) is 8.33. The van der Waals surface area contributed by atoms with Crippen LogP contribution in [0.1, 0.15) is 58.7 Å². The third-order valence-corrected chi connectivity index (χ3v) is 8.33. The molecule has 5 rings (SSSR count). The lowest BCUT2D eigenvalue weighted by atomic mass is 10.0. The molecule has 2 N–H and O–H groups in total. The molecule has 0 aliphatic carbocycles. The molecule has 56 heavy (non-hydrogen) atoms. The van der Waals surface area contributed by atoms with Crippen LogP contribution in [0.15, 0.2) is 88.8 Å². The number of ether oxygens (including phenoxy) is 3. The van der Waals surface area contributed by atoms with Gasteiger partial charge in [0.2, 0.25) is 34.8 Å². The molecule has 0 aliphatic heterocycles. The van der Waals surface area contributed by atoms with E-state index in [1.54, 1.807) is 60.7 Å². The van der Waals surface area contributed by atoms with Crippen molar-refractivity contribution >= 4 is 18.4 Å². The molecule has 0 bridgehead atoms. The highest BCUT2D eigenvalue weighted by molar-refractivity contribution is 5.90. The molecular formula is C40H30F8N2O6. The van der Waals surface area contributed by atoms with Crippen molar-refractivity contribution in [3.8, 4) is 23.0 Å². The van der Waals surface area contributed by atoms with Gasteiger partial charge in [0, 0.05) is 18.5 Å². The summed E-state index contributed by atoms with van der Waals surface area (Å²) in [7, 11) is 0.907. The summed E-state index contributed by atoms with van der Waals surface area (Å²) in [5.41, 5.74) is -2.29. The van der Waals surface area contributed by atoms with E-state index in [1.165, 1.54) is 13.8 Å². The van der Waals surface area contributed by atoms with Crippen LogP contribution >= 0.6 is 0 Å². The van der Waals surface area contributed by atoms with Crippen molar-refractivity contribution < 1.29 is 64.3 Å². The highest BCUT2D eigenvalue weighted by Gasteiger charge is 2.30. The van der Waals surface area contributed by atoms with Crippen LogP contribution in [0, 0.1) is 46.5 Å². The highest BCUT2D eigenvalue weighted by atomic mass is 19.2. The Morgan fingerprint density at radius 2 is 0.911 bits per heavy atom. The number of nitrogens with zero attached hydrogens (tertiary/aromatic N) is 2. The van der Waals surface area contributed by atoms with Gasteiger partial charge in [0.05, 0.1) is 35.9 Å². The molecule has 0 saturated heterocycles. The number of hydrogen-bond acceptors (Lipinski definition) is 8. The van der Waals surface area contributed by atoms with Crippen molar-refractivity contribution in [2.24, 2.45) is 9.98 Å². The Labute approximate surface area is 314 Å². The van der Waals surface area contributed by atoms with E-state index in [-0.39, 0.29) is 0 Å². The van der Waals surface area contributed by atoms with Crippen LogP contribution in [-0.4, -0.2) is 47.8 Å². The van der Waals surface area contributed by atoms with Crippen molar-refractivity contribution in [1.29, 1.82) is 0 Å². The lowest BCUT2D eigenvalue weighted by molar-refractivity contribution is 0.0600. The maximum Gasteiger partial charge on any atom is 0.338 e. The minimum atomic E-state index is -2.07. The first-order valence-electron chi connectivity index (χ1n) is 16.5. The molecule has 16 heteroatoms. The average molecular weight is 787 g/mol. The van der Waals surface area contributed by atoms with Crippen LogP contribution in [-0.2, 0) is 4.74 Å². The van der Waals surface area contributed by atoms with E-state index < -0.39 is 116 Å². The summed E-state index contributed by atoms with van der Waals surface area (Å²) in [6, 6.07) is 16.2. The Morgan fingerprint density at radius 3 is 1.23 bits per heavy atom. The number of carbonyl (C=O) groups is 1. The number of hydrogen-bond donors (Lipinski definition) is 2. The second-order valence-corrected chi connectivity index (χ2v) is 12.1. The van der Waals surface area contributed by atoms with E-state index in [1.807, 2.05) is 0 Å². The van der Waals surface area contributed by atoms with E-state index in [9.17, 15) is 15.0 Å². The SMILES string of the molecule is COC(=O)c1cc(Oc2c(F)c(F)c(C=NC(C)C(O)c3ccccc3)c(F)c2F)cc(Oc2c(F)c(F)c(C=NC(C)C(O)c3ccccc3)c(F)c2F)c1. The van der Waals surface area contributed by atoms with Crippen molar-refractivity contribution in [2.45, 2.75) is 38.1 Å². The average Bonchev–Trinajstić information content (AvgIpc) is 3.21. The van der Waals surface area contributed by atoms with Gasteiger partial charge in [-0.05, 0) is 37.1 Å². The predicted octanol–water partition coefficient (Wildman–Crippen LogP) is 9.25. The van der Waals surface area contributed by atoms with Crippen molar-refractivity contribution in [2.75, 3.05) is 7.11 Å². The molecule has 5 aromatic carbocycles. The van der Waals surface area contributed by atoms with Gasteiger partial charge in [-0.3, -0.25) is 9.98 Å². The van der Waals surface area contributed by atoms with E-state index in [4.69, 9.17) is 9.47 Å². The number of halogens is 8. The van der Waals surface area contributed by atoms with Crippen molar-refractivity contribution in [3.05, 3.63) is 153 Å². The molecule has 292 valence electrons. The standard InChI is InChI=1S/C40H30F8N2O6/c1-19(36(51)21-10-6-4-7-11-21)49-17-26-28(41)32(45)38(33(46)29(26)42)55-24-14-23(40(53)54-3)15-25(16-24)56-39-34(47)30(43)27(31(44)35(39)48)18-50-20(2)37(52)22-12-8-5-9-13-22/h4-20,36-37,51-52H,1-3H3. The molecule has 0 amide bonds. The first kappa shape index (κ1) is 41.0. The number of aliphatic hydroxyl groups is 2. The summed E-state index contributed by atoms with van der Waals surface area (Å²) in [6.45, 7) is 2.76. The summed E-state index contributed by atoms with van der Waals surface area (Å²) in [4.78, 5) is 20.0. The number of esters is 1. The van der Waals surface area contributed by atoms with Gasteiger partial charge in [0.15, 0.2) is 23.3 Å². The zero-order chi connectivity index (χ0) is 40.8. The summed E-state index contributed by atoms with van der Waals surface area (Å²) in [5, 5.41) is 20.9. The Kier molecular flexibility index (Phi) is 12.9. The minimum absolute atomic E-state index is 0.408. The highest BCUT2D eigenvalue weighted by Crippen LogP contribution is 2.38. The van der Waals surface area contributed by atoms with Crippen molar-refractivity contribution in [1.82, 2.24) is 0 Å². The molecule has 4 unspecified atom stereocenters. The molecular weight excluding hydrogens is 756 g/mol. The quantitative estimate of drug-likeness (QED) is 0.0533. The molecule has 0 fully saturated rings. The first-order valence-corrected chi connectivity index (χ1v) is 16.5. The van der Waals surface area contributed by atoms with Gasteiger partial charge in [-0.15, -0.1) is 0 Å². The number of aliphatic imine (C=N–C) groups is 2. The Morgan fingerprint density at radius 1 is 0.571 bits per heavy atom. The molecule has 8 nitrogen and oxygen atoms in total. The van der Waals surface area contributed by atoms with E-state index in [2.05, 4.69) is 14.7 Å². The molecule has 0 radical (unpaired) electrons. The van der Waals surface area contributed by atoms with Gasteiger partial charge in [-0.25, -0.2) is 22.4 Å². The molecule has 0 aliphatic rings. The first-order chi connectivity index (χ1) is 26.6. The molecule has 5 aromatic rings. The van der Waals surface area contributed by atoms with E-state index in [0.29, 0.717) is 29.6 Å². The topological polar surface area (TPSA) is 110 Å². The lowest BCUT2D eigenvalue weighted by Gasteiger charge is -2.16. The Balaban J connectivity index is 1.45. The van der Waals surface area contributed by atoms with Gasteiger partial charge in [-0.1, -0.05) is 60.7 Å². The molecule has 0 spiro atoms. The lowest BCUT2D eigenvalue weighted by Crippen LogP contribution is -2.14. The van der Waals surface area contributed by atoms with Crippen LogP contribution in [0.25, 0.3) is 0 Å². The monoisotopic (exact) mass is 786 g/mol. The molecule has 0 saturated carbocycles. The fraction of sp³-hybridized carbons (Fsp3) is 0.175. The zero-order valence-corrected chi connectivity index (χ0v) is 29.4. The molecule has 0 aromatic heterocycles. The predicted molar refractivity (Wildman–Crippen MR) is 187 cm³/mol. The number of carbonyl (C=O) groups excluding carboxylic acids is 1. The normalized spacial score (nSPS) is 13.8. The molecule has 0 heterocycles. The van der Waals surface area contributed by atoms with Crippen molar-refractivity contribution in [3.63, 3.8) is 0 Å². The van der Waals surface area contributed by atoms with Crippen LogP contribution in [0.4, 0.5) is 35.1 Å². The van der Waals surface area contributed by atoms with Gasteiger partial charge in [0.25, 0.3) is 0 Å². The van der Waals surface area contributed by atoms with Crippen LogP contribution in [0.5, 0.6) is 23.0 Å². The van der Waals surface area contributed by atoms with Crippen LogP contribution in [0.3, 0.4) is 0 Å². The zero-order valence-electron chi connectivity index (χ0n) is 29.4. The number of benzene rings is 5. The summed E-state index contributed by atoms with van der Waals surface area (Å²) in [6.07, 6.45) is -1.53. The fourth-order valence-electron chi connectivity index (χ4n) is 5.23. The Hall–Kier alpha value is -6.13. The second kappa shape index (κ2) is 17.6. The molecule has 4 atom stereocenters. The summed E-state index contributed by atoms with van der Waals surface area (Å²) >= 11 is 0. The van der Waals surface area contributed by atoms with Gasteiger partial charge in [-0.2, -0.15) is 17.6 Å². The van der Waals surface area contributed by atoms with Gasteiger partial charge < -0.3 is 24.4 Å². The maximum absolute atomic E-state index is 15.2. The van der Waals surface area contributed by atoms with Gasteiger partial charge >= 0.3 is 5.97 Å². The number of rotatable bonds is 13. The maximum atomic E-state index is 15.2. The fourth-order valence-corrected chi connectivity index (χ4v) is 5.23. The summed E-state index contributed by atoms with van der Waals surface area (Å²) < 4.78 is 136. The van der Waals surface area contributed by atoms with E-state index in [0.717, 1.165) is 19.2 Å².